The van der Waals surface area contributed by atoms with Crippen molar-refractivity contribution in [2.45, 2.75) is 6.92 Å². The van der Waals surface area contributed by atoms with Gasteiger partial charge in [0, 0.05) is 19.6 Å². The van der Waals surface area contributed by atoms with E-state index in [1.807, 2.05) is 6.20 Å². The van der Waals surface area contributed by atoms with Gasteiger partial charge < -0.3 is 4.98 Å². The first-order valence-corrected chi connectivity index (χ1v) is 5.49. The van der Waals surface area contributed by atoms with Crippen molar-refractivity contribution < 1.29 is 0 Å². The maximum Gasteiger partial charge on any atom is 0.0593 e. The number of benzene rings is 1. The molecule has 0 aliphatic heterocycles. The van der Waals surface area contributed by atoms with Crippen LogP contribution < -0.4 is 0 Å². The predicted molar refractivity (Wildman–Crippen MR) is 63.5 cm³/mol. The third kappa shape index (κ3) is 1.19. The number of aromatic amines is 1. The van der Waals surface area contributed by atoms with Gasteiger partial charge in [-0.3, -0.25) is 0 Å². The molecule has 12 heavy (non-hydrogen) atoms. The van der Waals surface area contributed by atoms with Gasteiger partial charge in [-0.25, -0.2) is 0 Å². The number of fused-ring (bicyclic) bond motifs is 1. The maximum absolute atomic E-state index is 3.53. The standard InChI is InChI=1S/C9H7BrIN/c1-5-7(10)4-6-2-3-12-9(6)8(5)11/h2-4,12H,1H3. The molecule has 0 unspecified atom stereocenters. The number of aromatic nitrogens is 1. The number of rotatable bonds is 0. The monoisotopic (exact) mass is 335 g/mol. The minimum Gasteiger partial charge on any atom is -0.360 e. The molecule has 1 heterocycles. The van der Waals surface area contributed by atoms with Crippen LogP contribution in [0.2, 0.25) is 0 Å². The highest BCUT2D eigenvalue weighted by Crippen LogP contribution is 2.28. The molecule has 2 rings (SSSR count). The van der Waals surface area contributed by atoms with Crippen molar-refractivity contribution >= 4 is 49.4 Å². The molecule has 1 N–H and O–H groups in total. The van der Waals surface area contributed by atoms with Gasteiger partial charge in [0.2, 0.25) is 0 Å². The second-order valence-electron chi connectivity index (χ2n) is 2.74. The Morgan fingerprint density at radius 1 is 1.50 bits per heavy atom. The largest absolute Gasteiger partial charge is 0.360 e. The van der Waals surface area contributed by atoms with Crippen LogP contribution in [0.4, 0.5) is 0 Å². The molecule has 0 aliphatic rings. The van der Waals surface area contributed by atoms with Crippen LogP contribution in [0, 0.1) is 10.5 Å². The Balaban J connectivity index is 2.94. The average molecular weight is 336 g/mol. The third-order valence-electron chi connectivity index (χ3n) is 1.97. The second-order valence-corrected chi connectivity index (χ2v) is 4.67. The van der Waals surface area contributed by atoms with Crippen LogP contribution in [0.5, 0.6) is 0 Å². The number of halogens is 2. The second kappa shape index (κ2) is 3.03. The van der Waals surface area contributed by atoms with Crippen LogP contribution in [-0.2, 0) is 0 Å². The topological polar surface area (TPSA) is 15.8 Å². The van der Waals surface area contributed by atoms with Crippen molar-refractivity contribution in [3.05, 3.63) is 31.9 Å². The minimum atomic E-state index is 1.18. The molecule has 1 aromatic heterocycles. The zero-order valence-corrected chi connectivity index (χ0v) is 10.2. The van der Waals surface area contributed by atoms with Crippen LogP contribution in [-0.4, -0.2) is 4.98 Å². The van der Waals surface area contributed by atoms with E-state index in [9.17, 15) is 0 Å². The van der Waals surface area contributed by atoms with E-state index in [4.69, 9.17) is 0 Å². The first kappa shape index (κ1) is 8.56. The predicted octanol–water partition coefficient (Wildman–Crippen LogP) is 3.84. The summed E-state index contributed by atoms with van der Waals surface area (Å²) in [7, 11) is 0. The van der Waals surface area contributed by atoms with E-state index >= 15 is 0 Å². The summed E-state index contributed by atoms with van der Waals surface area (Å²) in [6.07, 6.45) is 1.97. The van der Waals surface area contributed by atoms with E-state index < -0.39 is 0 Å². The highest BCUT2D eigenvalue weighted by atomic mass is 127. The highest BCUT2D eigenvalue weighted by molar-refractivity contribution is 14.1. The molecule has 0 amide bonds. The lowest BCUT2D eigenvalue weighted by Crippen LogP contribution is -1.83. The summed E-state index contributed by atoms with van der Waals surface area (Å²) in [6.45, 7) is 2.12. The van der Waals surface area contributed by atoms with Gasteiger partial charge in [0.1, 0.15) is 0 Å². The summed E-state index contributed by atoms with van der Waals surface area (Å²) in [4.78, 5) is 3.23. The Kier molecular flexibility index (Phi) is 2.16. The van der Waals surface area contributed by atoms with Crippen molar-refractivity contribution in [1.29, 1.82) is 0 Å². The van der Waals surface area contributed by atoms with E-state index in [0.29, 0.717) is 0 Å². The molecule has 2 aromatic rings. The molecule has 0 saturated heterocycles. The van der Waals surface area contributed by atoms with Crippen molar-refractivity contribution in [2.24, 2.45) is 0 Å². The number of hydrogen-bond acceptors (Lipinski definition) is 0. The van der Waals surface area contributed by atoms with Gasteiger partial charge in [0.15, 0.2) is 0 Å². The van der Waals surface area contributed by atoms with Crippen molar-refractivity contribution in [1.82, 2.24) is 4.98 Å². The summed E-state index contributed by atoms with van der Waals surface area (Å²) >= 11 is 5.90. The van der Waals surface area contributed by atoms with Gasteiger partial charge in [0.25, 0.3) is 0 Å². The zero-order chi connectivity index (χ0) is 8.72. The van der Waals surface area contributed by atoms with E-state index in [0.717, 1.165) is 0 Å². The average Bonchev–Trinajstić information content (AvgIpc) is 2.48. The van der Waals surface area contributed by atoms with Crippen LogP contribution >= 0.6 is 38.5 Å². The first-order valence-electron chi connectivity index (χ1n) is 3.62. The lowest BCUT2D eigenvalue weighted by molar-refractivity contribution is 1.39. The van der Waals surface area contributed by atoms with Crippen molar-refractivity contribution in [2.75, 3.05) is 0 Å². The molecule has 1 aromatic carbocycles. The molecular formula is C9H7BrIN. The molecule has 0 aliphatic carbocycles. The van der Waals surface area contributed by atoms with Crippen LogP contribution in [0.15, 0.2) is 22.8 Å². The molecule has 62 valence electrons. The van der Waals surface area contributed by atoms with E-state index in [2.05, 4.69) is 62.6 Å². The molecule has 0 fully saturated rings. The molecule has 0 saturated carbocycles. The maximum atomic E-state index is 3.53. The minimum absolute atomic E-state index is 1.18. The molecule has 1 nitrogen and oxygen atoms in total. The summed E-state index contributed by atoms with van der Waals surface area (Å²) < 4.78 is 2.47. The fourth-order valence-electron chi connectivity index (χ4n) is 1.23. The third-order valence-corrected chi connectivity index (χ3v) is 4.14. The zero-order valence-electron chi connectivity index (χ0n) is 6.49. The number of H-pyrrole nitrogens is 1. The normalized spacial score (nSPS) is 10.9. The van der Waals surface area contributed by atoms with Gasteiger partial charge in [-0.2, -0.15) is 0 Å². The van der Waals surface area contributed by atoms with Gasteiger partial charge in [-0.15, -0.1) is 0 Å². The molecule has 3 heteroatoms. The van der Waals surface area contributed by atoms with Gasteiger partial charge in [-0.1, -0.05) is 15.9 Å². The smallest absolute Gasteiger partial charge is 0.0593 e. The summed E-state index contributed by atoms with van der Waals surface area (Å²) in [5.41, 5.74) is 2.53. The number of hydrogen-bond donors (Lipinski definition) is 1. The van der Waals surface area contributed by atoms with Crippen molar-refractivity contribution in [3.63, 3.8) is 0 Å². The lowest BCUT2D eigenvalue weighted by Gasteiger charge is -2.02. The van der Waals surface area contributed by atoms with Crippen LogP contribution in [0.3, 0.4) is 0 Å². The Labute approximate surface area is 92.8 Å². The molecule has 0 spiro atoms. The summed E-state index contributed by atoms with van der Waals surface area (Å²) in [5.74, 6) is 0. The quantitative estimate of drug-likeness (QED) is 0.704. The first-order chi connectivity index (χ1) is 5.70. The Morgan fingerprint density at radius 2 is 2.25 bits per heavy atom. The molecular weight excluding hydrogens is 329 g/mol. The van der Waals surface area contributed by atoms with Crippen molar-refractivity contribution in [3.8, 4) is 0 Å². The van der Waals surface area contributed by atoms with Crippen LogP contribution in [0.1, 0.15) is 5.56 Å². The Hall–Kier alpha value is -0.0300. The molecule has 0 atom stereocenters. The van der Waals surface area contributed by atoms with Crippen LogP contribution in [0.25, 0.3) is 10.9 Å². The Morgan fingerprint density at radius 3 is 3.00 bits per heavy atom. The molecule has 0 bridgehead atoms. The fraction of sp³-hybridized carbons (Fsp3) is 0.111. The van der Waals surface area contributed by atoms with E-state index in [1.54, 1.807) is 0 Å². The summed E-state index contributed by atoms with van der Waals surface area (Å²) in [5, 5.41) is 1.26. The van der Waals surface area contributed by atoms with Gasteiger partial charge >= 0.3 is 0 Å². The van der Waals surface area contributed by atoms with Gasteiger partial charge in [-0.05, 0) is 47.2 Å². The number of nitrogens with one attached hydrogen (secondary N) is 1. The summed E-state index contributed by atoms with van der Waals surface area (Å²) in [6, 6.07) is 4.23. The Bertz CT molecular complexity index is 433. The van der Waals surface area contributed by atoms with E-state index in [1.165, 1.54) is 24.5 Å². The molecule has 0 radical (unpaired) electrons. The highest BCUT2D eigenvalue weighted by Gasteiger charge is 2.05. The SMILES string of the molecule is Cc1c(Br)cc2cc[nH]c2c1I. The van der Waals surface area contributed by atoms with E-state index in [-0.39, 0.29) is 0 Å². The fourth-order valence-corrected chi connectivity index (χ4v) is 2.80. The lowest BCUT2D eigenvalue weighted by atomic mass is 10.2. The van der Waals surface area contributed by atoms with Gasteiger partial charge in [0.05, 0.1) is 5.52 Å².